The van der Waals surface area contributed by atoms with E-state index in [0.29, 0.717) is 0 Å². The van der Waals surface area contributed by atoms with E-state index in [-0.39, 0.29) is 17.9 Å². The van der Waals surface area contributed by atoms with E-state index < -0.39 is 0 Å². The average Bonchev–Trinajstić information content (AvgIpc) is 2.92. The molecule has 2 aromatic rings. The summed E-state index contributed by atoms with van der Waals surface area (Å²) in [6.45, 7) is 4.18. The third-order valence-electron chi connectivity index (χ3n) is 5.67. The molecule has 2 heterocycles. The minimum absolute atomic E-state index is 0.221. The minimum Gasteiger partial charge on any atom is -0.292 e. The Bertz CT molecular complexity index is 848. The van der Waals surface area contributed by atoms with Gasteiger partial charge in [0.25, 0.3) is 0 Å². The van der Waals surface area contributed by atoms with E-state index >= 15 is 0 Å². The number of piperidine rings is 1. The zero-order valence-corrected chi connectivity index (χ0v) is 15.7. The lowest BCUT2D eigenvalue weighted by atomic mass is 9.88. The number of Topliss-reactive ketones (excluding diaryl/α,β-unsaturated/α-hetero) is 1. The predicted molar refractivity (Wildman–Crippen MR) is 108 cm³/mol. The standard InChI is InChI=1S/C24H25NO/c1-16-6-4-8-18(12-16)14-20-22-10-11-23(25(22)3)21(24(20)26)15-19-9-5-7-17(2)13-19/h4-9,12-15,22-23H,10-11H2,1-3H3/b20-14+,21-15+/t22-,23-/m1/s1. The van der Waals surface area contributed by atoms with Crippen LogP contribution in [0.25, 0.3) is 12.2 Å². The quantitative estimate of drug-likeness (QED) is 0.729. The van der Waals surface area contributed by atoms with Crippen molar-refractivity contribution in [2.24, 2.45) is 0 Å². The molecule has 0 N–H and O–H groups in total. The van der Waals surface area contributed by atoms with Gasteiger partial charge in [-0.2, -0.15) is 0 Å². The molecule has 2 aromatic carbocycles. The van der Waals surface area contributed by atoms with Crippen LogP contribution in [0.2, 0.25) is 0 Å². The summed E-state index contributed by atoms with van der Waals surface area (Å²) in [5.74, 6) is 0.221. The first kappa shape index (κ1) is 17.0. The fraction of sp³-hybridized carbons (Fsp3) is 0.292. The third kappa shape index (κ3) is 3.06. The Kier molecular flexibility index (Phi) is 4.37. The first-order valence-corrected chi connectivity index (χ1v) is 9.36. The van der Waals surface area contributed by atoms with Gasteiger partial charge in [-0.1, -0.05) is 59.7 Å². The van der Waals surface area contributed by atoms with Gasteiger partial charge in [0.05, 0.1) is 0 Å². The summed E-state index contributed by atoms with van der Waals surface area (Å²) >= 11 is 0. The largest absolute Gasteiger partial charge is 0.292 e. The zero-order chi connectivity index (χ0) is 18.3. The van der Waals surface area contributed by atoms with Crippen LogP contribution >= 0.6 is 0 Å². The zero-order valence-electron chi connectivity index (χ0n) is 15.7. The minimum atomic E-state index is 0.221. The van der Waals surface area contributed by atoms with Crippen molar-refractivity contribution >= 4 is 17.9 Å². The smallest absolute Gasteiger partial charge is 0.188 e. The van der Waals surface area contributed by atoms with E-state index in [9.17, 15) is 4.79 Å². The number of ketones is 1. The molecule has 0 radical (unpaired) electrons. The highest BCUT2D eigenvalue weighted by Crippen LogP contribution is 2.40. The summed E-state index contributed by atoms with van der Waals surface area (Å²) < 4.78 is 0. The Morgan fingerprint density at radius 1 is 0.846 bits per heavy atom. The molecule has 2 heteroatoms. The molecule has 0 spiro atoms. The first-order chi connectivity index (χ1) is 12.5. The Morgan fingerprint density at radius 2 is 1.31 bits per heavy atom. The molecule has 0 aromatic heterocycles. The van der Waals surface area contributed by atoms with Crippen LogP contribution in [0.5, 0.6) is 0 Å². The van der Waals surface area contributed by atoms with Crippen molar-refractivity contribution in [3.8, 4) is 0 Å². The van der Waals surface area contributed by atoms with E-state index in [1.807, 2.05) is 0 Å². The van der Waals surface area contributed by atoms with E-state index in [2.05, 4.69) is 86.5 Å². The summed E-state index contributed by atoms with van der Waals surface area (Å²) in [6, 6.07) is 17.2. The number of carbonyl (C=O) groups excluding carboxylic acids is 1. The number of aryl methyl sites for hydroxylation is 2. The molecule has 2 atom stereocenters. The summed E-state index contributed by atoms with van der Waals surface area (Å²) in [5.41, 5.74) is 6.53. The van der Waals surface area contributed by atoms with Gasteiger partial charge in [0, 0.05) is 23.2 Å². The summed E-state index contributed by atoms with van der Waals surface area (Å²) in [4.78, 5) is 15.7. The molecule has 2 bridgehead atoms. The van der Waals surface area contributed by atoms with E-state index in [4.69, 9.17) is 0 Å². The predicted octanol–water partition coefficient (Wildman–Crippen LogP) is 4.82. The second-order valence-corrected chi connectivity index (χ2v) is 7.63. The first-order valence-electron chi connectivity index (χ1n) is 9.36. The van der Waals surface area contributed by atoms with Crippen molar-refractivity contribution < 1.29 is 4.79 Å². The van der Waals surface area contributed by atoms with Gasteiger partial charge in [-0.3, -0.25) is 9.69 Å². The molecule has 0 unspecified atom stereocenters. The Labute approximate surface area is 155 Å². The number of hydrogen-bond acceptors (Lipinski definition) is 2. The van der Waals surface area contributed by atoms with Gasteiger partial charge in [-0.15, -0.1) is 0 Å². The number of likely N-dealkylation sites (N-methyl/N-ethyl adjacent to an activating group) is 1. The van der Waals surface area contributed by atoms with Crippen LogP contribution in [0, 0.1) is 13.8 Å². The summed E-state index contributed by atoms with van der Waals surface area (Å²) in [6.07, 6.45) is 6.30. The fourth-order valence-corrected chi connectivity index (χ4v) is 4.36. The SMILES string of the molecule is Cc1cccc(/C=C2/C(=O)/C(=C/c3cccc(C)c3)[C@H]3CC[C@H]2N3C)c1. The highest BCUT2D eigenvalue weighted by Gasteiger charge is 2.44. The molecule has 2 fully saturated rings. The van der Waals surface area contributed by atoms with Crippen LogP contribution in [0.3, 0.4) is 0 Å². The van der Waals surface area contributed by atoms with Gasteiger partial charge in [0.2, 0.25) is 0 Å². The molecule has 4 rings (SSSR count). The second-order valence-electron chi connectivity index (χ2n) is 7.63. The van der Waals surface area contributed by atoms with Crippen LogP contribution in [-0.2, 0) is 4.79 Å². The van der Waals surface area contributed by atoms with Crippen LogP contribution in [0.4, 0.5) is 0 Å². The number of fused-ring (bicyclic) bond motifs is 2. The summed E-state index contributed by atoms with van der Waals surface area (Å²) in [7, 11) is 2.16. The highest BCUT2D eigenvalue weighted by atomic mass is 16.1. The van der Waals surface area contributed by atoms with Gasteiger partial charge >= 0.3 is 0 Å². The maximum atomic E-state index is 13.3. The topological polar surface area (TPSA) is 20.3 Å². The molecule has 2 nitrogen and oxygen atoms in total. The number of hydrogen-bond donors (Lipinski definition) is 0. The Balaban J connectivity index is 1.78. The molecule has 0 saturated carbocycles. The van der Waals surface area contributed by atoms with Gasteiger partial charge in [0.15, 0.2) is 5.78 Å². The number of rotatable bonds is 2. The lowest BCUT2D eigenvalue weighted by Crippen LogP contribution is -2.43. The molecular formula is C24H25NO. The van der Waals surface area contributed by atoms with E-state index in [1.165, 1.54) is 11.1 Å². The maximum Gasteiger partial charge on any atom is 0.188 e. The van der Waals surface area contributed by atoms with Crippen molar-refractivity contribution in [1.29, 1.82) is 0 Å². The van der Waals surface area contributed by atoms with Crippen LogP contribution < -0.4 is 0 Å². The molecule has 0 aliphatic carbocycles. The van der Waals surface area contributed by atoms with Gasteiger partial charge < -0.3 is 0 Å². The van der Waals surface area contributed by atoms with Crippen molar-refractivity contribution in [2.75, 3.05) is 7.05 Å². The molecule has 0 amide bonds. The lowest BCUT2D eigenvalue weighted by molar-refractivity contribution is -0.114. The third-order valence-corrected chi connectivity index (χ3v) is 5.67. The fourth-order valence-electron chi connectivity index (χ4n) is 4.36. The molecular weight excluding hydrogens is 318 g/mol. The Hall–Kier alpha value is -2.45. The van der Waals surface area contributed by atoms with Crippen LogP contribution in [0.1, 0.15) is 35.1 Å². The van der Waals surface area contributed by atoms with Gasteiger partial charge in [0.1, 0.15) is 0 Å². The van der Waals surface area contributed by atoms with Crippen molar-refractivity contribution in [3.63, 3.8) is 0 Å². The average molecular weight is 343 g/mol. The number of benzene rings is 2. The highest BCUT2D eigenvalue weighted by molar-refractivity contribution is 6.16. The van der Waals surface area contributed by atoms with Gasteiger partial charge in [-0.05, 0) is 57.0 Å². The maximum absolute atomic E-state index is 13.3. The molecule has 2 aliphatic heterocycles. The van der Waals surface area contributed by atoms with Crippen molar-refractivity contribution in [3.05, 3.63) is 81.9 Å². The van der Waals surface area contributed by atoms with Crippen molar-refractivity contribution in [2.45, 2.75) is 38.8 Å². The van der Waals surface area contributed by atoms with Crippen LogP contribution in [-0.4, -0.2) is 29.8 Å². The lowest BCUT2D eigenvalue weighted by Gasteiger charge is -2.34. The van der Waals surface area contributed by atoms with Gasteiger partial charge in [-0.25, -0.2) is 0 Å². The van der Waals surface area contributed by atoms with E-state index in [1.54, 1.807) is 0 Å². The summed E-state index contributed by atoms with van der Waals surface area (Å²) in [5, 5.41) is 0. The Morgan fingerprint density at radius 3 is 1.73 bits per heavy atom. The number of carbonyl (C=O) groups is 1. The second kappa shape index (κ2) is 6.69. The monoisotopic (exact) mass is 343 g/mol. The van der Waals surface area contributed by atoms with Crippen LogP contribution in [0.15, 0.2) is 59.7 Å². The van der Waals surface area contributed by atoms with Crippen molar-refractivity contribution in [1.82, 2.24) is 4.90 Å². The molecule has 2 saturated heterocycles. The molecule has 132 valence electrons. The van der Waals surface area contributed by atoms with E-state index in [0.717, 1.165) is 35.1 Å². The normalized spacial score (nSPS) is 26.0. The molecule has 26 heavy (non-hydrogen) atoms. The number of nitrogens with zero attached hydrogens (tertiary/aromatic N) is 1. The molecule has 2 aliphatic rings.